The number of anilines is 3. The Balaban J connectivity index is 1.66. The maximum absolute atomic E-state index is 13.2. The number of hydrogen-bond donors (Lipinski definition) is 1. The summed E-state index contributed by atoms with van der Waals surface area (Å²) in [5, 5.41) is 12.2. The van der Waals surface area contributed by atoms with Gasteiger partial charge in [-0.3, -0.25) is 4.79 Å². The lowest BCUT2D eigenvalue weighted by atomic mass is 10.1. The van der Waals surface area contributed by atoms with E-state index >= 15 is 0 Å². The molecule has 1 amide bonds. The number of carbonyl (C=O) groups excluding carboxylic acids is 1. The molecule has 6 nitrogen and oxygen atoms in total. The maximum Gasteiger partial charge on any atom is 0.277 e. The number of fused-ring (bicyclic) bond motifs is 1. The molecule has 6 heteroatoms. The summed E-state index contributed by atoms with van der Waals surface area (Å²) in [6, 6.07) is 18.9. The summed E-state index contributed by atoms with van der Waals surface area (Å²) in [5.74, 6) is 0.882. The Kier molecular flexibility index (Phi) is 4.50. The largest absolute Gasteiger partial charge is 0.340 e. The number of carbonyl (C=O) groups is 1. The fourth-order valence-corrected chi connectivity index (χ4v) is 3.55. The summed E-state index contributed by atoms with van der Waals surface area (Å²) in [7, 11) is 0. The third-order valence-electron chi connectivity index (χ3n) is 4.75. The zero-order chi connectivity index (χ0) is 19.7. The Morgan fingerprint density at radius 1 is 1.18 bits per heavy atom. The quantitative estimate of drug-likeness (QED) is 0.755. The van der Waals surface area contributed by atoms with E-state index in [2.05, 4.69) is 27.4 Å². The third kappa shape index (κ3) is 3.30. The van der Waals surface area contributed by atoms with Gasteiger partial charge in [-0.05, 0) is 50.1 Å². The molecule has 0 saturated carbocycles. The van der Waals surface area contributed by atoms with Crippen LogP contribution in [0.1, 0.15) is 34.4 Å². The van der Waals surface area contributed by atoms with Crippen LogP contribution in [-0.4, -0.2) is 21.9 Å². The van der Waals surface area contributed by atoms with Crippen LogP contribution in [0.5, 0.6) is 0 Å². The van der Waals surface area contributed by atoms with Crippen molar-refractivity contribution in [2.75, 3.05) is 10.2 Å². The molecule has 1 N–H and O–H groups in total. The highest BCUT2D eigenvalue weighted by molar-refractivity contribution is 6.07. The lowest BCUT2D eigenvalue weighted by molar-refractivity contribution is 0.0976. The molecular formula is C22H19N5O. The molecule has 2 aromatic carbocycles. The predicted molar refractivity (Wildman–Crippen MR) is 108 cm³/mol. The monoisotopic (exact) mass is 369 g/mol. The second kappa shape index (κ2) is 7.12. The minimum atomic E-state index is -0.142. The molecule has 2 heterocycles. The number of para-hydroxylation sites is 1. The summed E-state index contributed by atoms with van der Waals surface area (Å²) in [4.78, 5) is 23.8. The van der Waals surface area contributed by atoms with Crippen LogP contribution in [0, 0.1) is 18.3 Å². The van der Waals surface area contributed by atoms with Gasteiger partial charge in [0.15, 0.2) is 0 Å². The molecular weight excluding hydrogens is 350 g/mol. The highest BCUT2D eigenvalue weighted by Gasteiger charge is 2.32. The number of nitrogens with one attached hydrogen (secondary N) is 1. The normalized spacial score (nSPS) is 15.0. The first-order valence-corrected chi connectivity index (χ1v) is 9.09. The molecule has 3 aromatic rings. The molecule has 1 aliphatic heterocycles. The average molecular weight is 369 g/mol. The van der Waals surface area contributed by atoms with Crippen LogP contribution in [0.3, 0.4) is 0 Å². The molecule has 0 bridgehead atoms. The smallest absolute Gasteiger partial charge is 0.277 e. The number of rotatable bonds is 3. The van der Waals surface area contributed by atoms with E-state index in [0.717, 1.165) is 17.8 Å². The van der Waals surface area contributed by atoms with Crippen molar-refractivity contribution in [3.8, 4) is 6.07 Å². The topological polar surface area (TPSA) is 81.9 Å². The minimum Gasteiger partial charge on any atom is -0.340 e. The van der Waals surface area contributed by atoms with E-state index in [1.54, 1.807) is 36.1 Å². The number of benzene rings is 2. The molecule has 138 valence electrons. The molecule has 0 aliphatic carbocycles. The van der Waals surface area contributed by atoms with Crippen molar-refractivity contribution in [1.29, 1.82) is 5.26 Å². The van der Waals surface area contributed by atoms with E-state index in [9.17, 15) is 4.79 Å². The van der Waals surface area contributed by atoms with E-state index in [4.69, 9.17) is 5.26 Å². The van der Waals surface area contributed by atoms with E-state index < -0.39 is 0 Å². The van der Waals surface area contributed by atoms with Crippen molar-refractivity contribution in [3.63, 3.8) is 0 Å². The molecule has 1 aliphatic rings. The van der Waals surface area contributed by atoms with Gasteiger partial charge in [-0.25, -0.2) is 9.97 Å². The summed E-state index contributed by atoms with van der Waals surface area (Å²) in [6.45, 7) is 3.80. The Morgan fingerprint density at radius 3 is 2.82 bits per heavy atom. The fourth-order valence-electron chi connectivity index (χ4n) is 3.55. The highest BCUT2D eigenvalue weighted by Crippen LogP contribution is 2.33. The minimum absolute atomic E-state index is 0.0730. The van der Waals surface area contributed by atoms with Gasteiger partial charge in [0.1, 0.15) is 17.3 Å². The van der Waals surface area contributed by atoms with Gasteiger partial charge in [0.2, 0.25) is 0 Å². The SMILES string of the molecule is Cc1nc(Nc2cccc(C#N)c2)cc(C(=O)N2c3ccccc3CC2C)n1. The van der Waals surface area contributed by atoms with Crippen molar-refractivity contribution in [2.45, 2.75) is 26.3 Å². The molecule has 4 rings (SSSR count). The summed E-state index contributed by atoms with van der Waals surface area (Å²) in [5.41, 5.74) is 3.73. The van der Waals surface area contributed by atoms with Gasteiger partial charge in [-0.2, -0.15) is 5.26 Å². The number of nitrogens with zero attached hydrogens (tertiary/aromatic N) is 4. The second-order valence-corrected chi connectivity index (χ2v) is 6.86. The standard InChI is InChI=1S/C22H19N5O/c1-14-10-17-7-3-4-9-20(17)27(14)22(28)19-12-21(25-15(2)24-19)26-18-8-5-6-16(11-18)13-23/h3-9,11-12,14H,10H2,1-2H3,(H,24,25,26). The highest BCUT2D eigenvalue weighted by atomic mass is 16.2. The molecule has 1 atom stereocenters. The van der Waals surface area contributed by atoms with E-state index in [-0.39, 0.29) is 11.9 Å². The zero-order valence-electron chi connectivity index (χ0n) is 15.7. The Bertz CT molecular complexity index is 1100. The van der Waals surface area contributed by atoms with Crippen molar-refractivity contribution < 1.29 is 4.79 Å². The summed E-state index contributed by atoms with van der Waals surface area (Å²) >= 11 is 0. The van der Waals surface area contributed by atoms with E-state index in [1.807, 2.05) is 31.2 Å². The van der Waals surface area contributed by atoms with Gasteiger partial charge in [0, 0.05) is 23.5 Å². The Morgan fingerprint density at radius 2 is 2.00 bits per heavy atom. The maximum atomic E-state index is 13.2. The van der Waals surface area contributed by atoms with Crippen molar-refractivity contribution >= 4 is 23.1 Å². The third-order valence-corrected chi connectivity index (χ3v) is 4.75. The number of aromatic nitrogens is 2. The van der Waals surface area contributed by atoms with Crippen molar-refractivity contribution in [2.24, 2.45) is 0 Å². The molecule has 28 heavy (non-hydrogen) atoms. The van der Waals surface area contributed by atoms with Gasteiger partial charge in [-0.15, -0.1) is 0 Å². The predicted octanol–water partition coefficient (Wildman–Crippen LogP) is 3.99. The van der Waals surface area contributed by atoms with Crippen LogP contribution >= 0.6 is 0 Å². The molecule has 0 saturated heterocycles. The number of nitriles is 1. The number of amides is 1. The fraction of sp³-hybridized carbons (Fsp3) is 0.182. The average Bonchev–Trinajstić information content (AvgIpc) is 3.02. The molecule has 0 radical (unpaired) electrons. The van der Waals surface area contributed by atoms with Crippen LogP contribution in [0.15, 0.2) is 54.6 Å². The first-order valence-electron chi connectivity index (χ1n) is 9.09. The van der Waals surface area contributed by atoms with Gasteiger partial charge >= 0.3 is 0 Å². The van der Waals surface area contributed by atoms with Gasteiger partial charge in [-0.1, -0.05) is 24.3 Å². The molecule has 0 spiro atoms. The molecule has 0 fully saturated rings. The summed E-state index contributed by atoms with van der Waals surface area (Å²) in [6.07, 6.45) is 0.831. The van der Waals surface area contributed by atoms with Crippen LogP contribution in [0.25, 0.3) is 0 Å². The number of hydrogen-bond acceptors (Lipinski definition) is 5. The van der Waals surface area contributed by atoms with Gasteiger partial charge < -0.3 is 10.2 Å². The van der Waals surface area contributed by atoms with E-state index in [1.165, 1.54) is 5.56 Å². The lowest BCUT2D eigenvalue weighted by Gasteiger charge is -2.22. The van der Waals surface area contributed by atoms with Crippen LogP contribution < -0.4 is 10.2 Å². The van der Waals surface area contributed by atoms with Crippen molar-refractivity contribution in [1.82, 2.24) is 9.97 Å². The zero-order valence-corrected chi connectivity index (χ0v) is 15.7. The van der Waals surface area contributed by atoms with Crippen LogP contribution in [0.4, 0.5) is 17.2 Å². The van der Waals surface area contributed by atoms with Crippen LogP contribution in [0.2, 0.25) is 0 Å². The van der Waals surface area contributed by atoms with Gasteiger partial charge in [0.05, 0.1) is 11.6 Å². The van der Waals surface area contributed by atoms with Gasteiger partial charge in [0.25, 0.3) is 5.91 Å². The lowest BCUT2D eigenvalue weighted by Crippen LogP contribution is -2.36. The second-order valence-electron chi connectivity index (χ2n) is 6.86. The van der Waals surface area contributed by atoms with Crippen molar-refractivity contribution in [3.05, 3.63) is 77.2 Å². The molecule has 1 unspecified atom stereocenters. The summed E-state index contributed by atoms with van der Waals surface area (Å²) < 4.78 is 0. The Labute approximate surface area is 163 Å². The first-order chi connectivity index (χ1) is 13.5. The Hall–Kier alpha value is -3.72. The number of aryl methyl sites for hydroxylation is 1. The van der Waals surface area contributed by atoms with Crippen LogP contribution in [-0.2, 0) is 6.42 Å². The first kappa shape index (κ1) is 17.7. The van der Waals surface area contributed by atoms with E-state index in [0.29, 0.717) is 22.9 Å². The molecule has 1 aromatic heterocycles.